The number of nitrogens with zero attached hydrogens (tertiary/aromatic N) is 2. The lowest BCUT2D eigenvalue weighted by molar-refractivity contribution is 0.698. The Morgan fingerprint density at radius 3 is 1.86 bits per heavy atom. The number of rotatable bonds is 4. The zero-order valence-corrected chi connectivity index (χ0v) is 15.4. The monoisotopic (exact) mass is 360 g/mol. The summed E-state index contributed by atoms with van der Waals surface area (Å²) in [5.74, 6) is 0. The molecule has 0 unspecified atom stereocenters. The van der Waals surface area contributed by atoms with Gasteiger partial charge in [-0.3, -0.25) is 0 Å². The van der Waals surface area contributed by atoms with E-state index in [1.54, 1.807) is 0 Å². The standard InChI is InChI=1S/C26H20N2/c1-3-9-20(10-4-1)21-15-17-23(18-16-21)26(22-11-5-2-6-12-22)28-19-27-24-13-7-8-14-25(24)28/h1-19,26H/t26-/m0/s1. The average Bonchev–Trinajstić information content (AvgIpc) is 3.20. The van der Waals surface area contributed by atoms with Crippen molar-refractivity contribution in [3.8, 4) is 11.1 Å². The van der Waals surface area contributed by atoms with Crippen molar-refractivity contribution in [3.05, 3.63) is 127 Å². The van der Waals surface area contributed by atoms with E-state index in [2.05, 4.69) is 107 Å². The fraction of sp³-hybridized carbons (Fsp3) is 0.0385. The van der Waals surface area contributed by atoms with E-state index in [1.165, 1.54) is 22.3 Å². The van der Waals surface area contributed by atoms with Crippen LogP contribution in [0.4, 0.5) is 0 Å². The predicted octanol–water partition coefficient (Wildman–Crippen LogP) is 6.34. The van der Waals surface area contributed by atoms with Crippen LogP contribution in [0.5, 0.6) is 0 Å². The molecule has 1 heterocycles. The molecular formula is C26H20N2. The average molecular weight is 360 g/mol. The highest BCUT2D eigenvalue weighted by atomic mass is 15.1. The molecule has 0 aliphatic rings. The van der Waals surface area contributed by atoms with Crippen molar-refractivity contribution in [3.63, 3.8) is 0 Å². The van der Waals surface area contributed by atoms with Crippen LogP contribution in [0.1, 0.15) is 17.2 Å². The third-order valence-electron chi connectivity index (χ3n) is 5.21. The van der Waals surface area contributed by atoms with Crippen LogP contribution in [0.15, 0.2) is 116 Å². The predicted molar refractivity (Wildman–Crippen MR) is 115 cm³/mol. The van der Waals surface area contributed by atoms with Crippen LogP contribution in [0.2, 0.25) is 0 Å². The Labute approximate surface area is 164 Å². The fourth-order valence-electron chi connectivity index (χ4n) is 3.82. The first kappa shape index (κ1) is 16.5. The second kappa shape index (κ2) is 7.16. The Morgan fingerprint density at radius 2 is 1.11 bits per heavy atom. The van der Waals surface area contributed by atoms with E-state index in [9.17, 15) is 0 Å². The summed E-state index contributed by atoms with van der Waals surface area (Å²) in [7, 11) is 0. The first-order chi connectivity index (χ1) is 13.9. The van der Waals surface area contributed by atoms with Gasteiger partial charge < -0.3 is 4.57 Å². The van der Waals surface area contributed by atoms with Crippen molar-refractivity contribution in [1.82, 2.24) is 9.55 Å². The van der Waals surface area contributed by atoms with Gasteiger partial charge in [0.25, 0.3) is 0 Å². The largest absolute Gasteiger partial charge is 0.319 e. The maximum atomic E-state index is 4.62. The molecule has 5 rings (SSSR count). The normalized spacial score (nSPS) is 12.1. The van der Waals surface area contributed by atoms with Gasteiger partial charge in [-0.2, -0.15) is 0 Å². The van der Waals surface area contributed by atoms with Gasteiger partial charge in [0, 0.05) is 0 Å². The lowest BCUT2D eigenvalue weighted by atomic mass is 9.96. The van der Waals surface area contributed by atoms with Crippen LogP contribution in [0, 0.1) is 0 Å². The first-order valence-electron chi connectivity index (χ1n) is 9.52. The van der Waals surface area contributed by atoms with E-state index in [1.807, 2.05) is 18.5 Å². The van der Waals surface area contributed by atoms with Crippen molar-refractivity contribution in [2.24, 2.45) is 0 Å². The Bertz CT molecular complexity index is 1190. The molecule has 0 aliphatic heterocycles. The Morgan fingerprint density at radius 1 is 0.536 bits per heavy atom. The fourth-order valence-corrected chi connectivity index (χ4v) is 3.82. The second-order valence-electron chi connectivity index (χ2n) is 6.94. The number of hydrogen-bond donors (Lipinski definition) is 0. The maximum Gasteiger partial charge on any atom is 0.0966 e. The Balaban J connectivity index is 1.63. The quantitative estimate of drug-likeness (QED) is 0.365. The summed E-state index contributed by atoms with van der Waals surface area (Å²) < 4.78 is 2.27. The zero-order valence-electron chi connectivity index (χ0n) is 15.4. The van der Waals surface area contributed by atoms with E-state index in [4.69, 9.17) is 0 Å². The number of fused-ring (bicyclic) bond motifs is 1. The molecule has 0 N–H and O–H groups in total. The van der Waals surface area contributed by atoms with Gasteiger partial charge in [-0.25, -0.2) is 4.98 Å². The van der Waals surface area contributed by atoms with Gasteiger partial charge in [0.2, 0.25) is 0 Å². The van der Waals surface area contributed by atoms with E-state index in [0.717, 1.165) is 11.0 Å². The molecule has 0 amide bonds. The molecule has 0 bridgehead atoms. The number of hydrogen-bond acceptors (Lipinski definition) is 1. The smallest absolute Gasteiger partial charge is 0.0966 e. The molecule has 28 heavy (non-hydrogen) atoms. The molecule has 4 aromatic carbocycles. The van der Waals surface area contributed by atoms with Crippen molar-refractivity contribution >= 4 is 11.0 Å². The summed E-state index contributed by atoms with van der Waals surface area (Å²) in [5, 5.41) is 0. The van der Waals surface area contributed by atoms with Crippen LogP contribution in [0.25, 0.3) is 22.2 Å². The van der Waals surface area contributed by atoms with Crippen LogP contribution in [-0.4, -0.2) is 9.55 Å². The minimum absolute atomic E-state index is 0.0819. The zero-order chi connectivity index (χ0) is 18.8. The van der Waals surface area contributed by atoms with E-state index >= 15 is 0 Å². The number of para-hydroxylation sites is 2. The van der Waals surface area contributed by atoms with E-state index in [-0.39, 0.29) is 6.04 Å². The highest BCUT2D eigenvalue weighted by molar-refractivity contribution is 5.75. The Hall–Kier alpha value is -3.65. The summed E-state index contributed by atoms with van der Waals surface area (Å²) in [6, 6.07) is 38.4. The minimum atomic E-state index is 0.0819. The van der Waals surface area contributed by atoms with Gasteiger partial charge in [0.15, 0.2) is 0 Å². The summed E-state index contributed by atoms with van der Waals surface area (Å²) in [6.07, 6.45) is 1.95. The van der Waals surface area contributed by atoms with Crippen LogP contribution < -0.4 is 0 Å². The second-order valence-corrected chi connectivity index (χ2v) is 6.94. The molecule has 0 spiro atoms. The summed E-state index contributed by atoms with van der Waals surface area (Å²) in [5.41, 5.74) is 7.12. The van der Waals surface area contributed by atoms with Gasteiger partial charge in [0.05, 0.1) is 23.4 Å². The van der Waals surface area contributed by atoms with Crippen molar-refractivity contribution in [1.29, 1.82) is 0 Å². The van der Waals surface area contributed by atoms with Gasteiger partial charge >= 0.3 is 0 Å². The molecule has 0 radical (unpaired) electrons. The molecule has 0 fully saturated rings. The molecule has 0 saturated heterocycles. The van der Waals surface area contributed by atoms with Crippen molar-refractivity contribution < 1.29 is 0 Å². The summed E-state index contributed by atoms with van der Waals surface area (Å²) in [6.45, 7) is 0. The lowest BCUT2D eigenvalue weighted by Gasteiger charge is -2.21. The van der Waals surface area contributed by atoms with E-state index in [0.29, 0.717) is 0 Å². The van der Waals surface area contributed by atoms with Crippen LogP contribution in [0.3, 0.4) is 0 Å². The molecular weight excluding hydrogens is 340 g/mol. The molecule has 0 saturated carbocycles. The van der Waals surface area contributed by atoms with Gasteiger partial charge in [-0.1, -0.05) is 97.1 Å². The number of benzene rings is 4. The summed E-state index contributed by atoms with van der Waals surface area (Å²) >= 11 is 0. The molecule has 5 aromatic rings. The number of imidazole rings is 1. The van der Waals surface area contributed by atoms with Crippen LogP contribution >= 0.6 is 0 Å². The van der Waals surface area contributed by atoms with Crippen molar-refractivity contribution in [2.45, 2.75) is 6.04 Å². The lowest BCUT2D eigenvalue weighted by Crippen LogP contribution is -2.11. The molecule has 2 nitrogen and oxygen atoms in total. The van der Waals surface area contributed by atoms with Gasteiger partial charge in [-0.05, 0) is 34.4 Å². The highest BCUT2D eigenvalue weighted by Crippen LogP contribution is 2.31. The third kappa shape index (κ3) is 2.99. The topological polar surface area (TPSA) is 17.8 Å². The molecule has 134 valence electrons. The molecule has 0 aliphatic carbocycles. The van der Waals surface area contributed by atoms with Gasteiger partial charge in [-0.15, -0.1) is 0 Å². The van der Waals surface area contributed by atoms with Crippen molar-refractivity contribution in [2.75, 3.05) is 0 Å². The first-order valence-corrected chi connectivity index (χ1v) is 9.52. The SMILES string of the molecule is c1ccc(-c2ccc([C@H](c3ccccc3)n3cnc4ccccc43)cc2)cc1. The van der Waals surface area contributed by atoms with Gasteiger partial charge in [0.1, 0.15) is 0 Å². The number of aromatic nitrogens is 2. The third-order valence-corrected chi connectivity index (χ3v) is 5.21. The molecule has 1 aromatic heterocycles. The maximum absolute atomic E-state index is 4.62. The summed E-state index contributed by atoms with van der Waals surface area (Å²) in [4.78, 5) is 4.62. The minimum Gasteiger partial charge on any atom is -0.319 e. The Kier molecular flexibility index (Phi) is 4.23. The van der Waals surface area contributed by atoms with E-state index < -0.39 is 0 Å². The van der Waals surface area contributed by atoms with Crippen LogP contribution in [-0.2, 0) is 0 Å². The molecule has 2 heteroatoms. The molecule has 1 atom stereocenters. The highest BCUT2D eigenvalue weighted by Gasteiger charge is 2.18.